The number of nitrogens with one attached hydrogen (secondary N) is 3. The van der Waals surface area contributed by atoms with Crippen molar-refractivity contribution in [2.75, 3.05) is 38.9 Å². The highest BCUT2D eigenvalue weighted by molar-refractivity contribution is 6.01. The van der Waals surface area contributed by atoms with Gasteiger partial charge in [0.15, 0.2) is 0 Å². The van der Waals surface area contributed by atoms with Gasteiger partial charge in [-0.1, -0.05) is 30.3 Å². The standard InChI is InChI=1S/C37H47FN4O7/c1-37(2,3)49-36(46)41-31(22-38)24-10-12-25(13-11-24)34(44)42-17-16-28(23-8-6-5-7-9-23)32(42)33(43)39-27-14-15-29-26(20-27)21-30(40-29)35(45)48-19-18-47-4/h5-9,14-15,20-21,24-25,28,31-32,40H,10-13,16-19,22H2,1-4H3,(H,39,43)(H,41,46)/t24?,25?,28-,31-,32+/m1/s1. The van der Waals surface area contributed by atoms with Gasteiger partial charge in [-0.25, -0.2) is 14.0 Å². The zero-order chi connectivity index (χ0) is 35.1. The number of alkyl carbamates (subject to hydrolysis) is 1. The summed E-state index contributed by atoms with van der Waals surface area (Å²) in [5, 5.41) is 6.43. The number of halogens is 1. The van der Waals surface area contributed by atoms with Gasteiger partial charge in [0.25, 0.3) is 0 Å². The molecule has 1 aliphatic heterocycles. The molecule has 3 amide bonds. The van der Waals surface area contributed by atoms with Crippen LogP contribution in [-0.2, 0) is 23.8 Å². The number of hydrogen-bond acceptors (Lipinski definition) is 7. The van der Waals surface area contributed by atoms with E-state index in [2.05, 4.69) is 15.6 Å². The highest BCUT2D eigenvalue weighted by Gasteiger charge is 2.45. The number of fused-ring (bicyclic) bond motifs is 1. The van der Waals surface area contributed by atoms with Crippen LogP contribution in [0.2, 0.25) is 0 Å². The largest absolute Gasteiger partial charge is 0.459 e. The van der Waals surface area contributed by atoms with Gasteiger partial charge in [-0.15, -0.1) is 0 Å². The SMILES string of the molecule is COCCOC(=O)c1cc2cc(NC(=O)[C@@H]3[C@@H](c4ccccc4)CCN3C(=O)C3CCC([C@@H](CF)NC(=O)OC(C)(C)C)CC3)ccc2[nH]1. The summed E-state index contributed by atoms with van der Waals surface area (Å²) in [7, 11) is 1.53. The molecular formula is C37H47FN4O7. The third-order valence-corrected chi connectivity index (χ3v) is 9.36. The maximum atomic E-state index is 14.1. The molecule has 49 heavy (non-hydrogen) atoms. The van der Waals surface area contributed by atoms with Crippen molar-refractivity contribution in [2.45, 2.75) is 76.5 Å². The molecule has 0 bridgehead atoms. The summed E-state index contributed by atoms with van der Waals surface area (Å²) in [6.45, 7) is 5.41. The summed E-state index contributed by atoms with van der Waals surface area (Å²) in [6, 6.07) is 15.3. The number of amides is 3. The van der Waals surface area contributed by atoms with Crippen molar-refractivity contribution in [3.63, 3.8) is 0 Å². The average Bonchev–Trinajstić information content (AvgIpc) is 3.72. The number of likely N-dealkylation sites (tertiary alicyclic amines) is 1. The van der Waals surface area contributed by atoms with Crippen LogP contribution in [0, 0.1) is 11.8 Å². The number of aromatic amines is 1. The molecule has 12 heteroatoms. The van der Waals surface area contributed by atoms with Crippen molar-refractivity contribution in [1.82, 2.24) is 15.2 Å². The molecule has 3 atom stereocenters. The first kappa shape index (κ1) is 35.8. The lowest BCUT2D eigenvalue weighted by Crippen LogP contribution is -2.49. The van der Waals surface area contributed by atoms with E-state index in [9.17, 15) is 23.6 Å². The molecule has 5 rings (SSSR count). The quantitative estimate of drug-likeness (QED) is 0.168. The minimum absolute atomic E-state index is 0.0772. The molecule has 2 fully saturated rings. The summed E-state index contributed by atoms with van der Waals surface area (Å²) in [5.74, 6) is -1.49. The second-order valence-electron chi connectivity index (χ2n) is 13.9. The maximum Gasteiger partial charge on any atom is 0.407 e. The average molecular weight is 679 g/mol. The fraction of sp³-hybridized carbons (Fsp3) is 0.514. The van der Waals surface area contributed by atoms with Crippen LogP contribution < -0.4 is 10.6 Å². The second kappa shape index (κ2) is 15.8. The minimum atomic E-state index is -0.728. The Hall–Kier alpha value is -4.45. The van der Waals surface area contributed by atoms with Crippen molar-refractivity contribution in [3.8, 4) is 0 Å². The molecule has 3 aromatic rings. The van der Waals surface area contributed by atoms with E-state index in [4.69, 9.17) is 14.2 Å². The topological polar surface area (TPSA) is 139 Å². The summed E-state index contributed by atoms with van der Waals surface area (Å²) in [5.41, 5.74) is 1.84. The molecule has 2 aromatic carbocycles. The number of rotatable bonds is 11. The van der Waals surface area contributed by atoms with Gasteiger partial charge in [0.05, 0.1) is 12.6 Å². The Kier molecular flexibility index (Phi) is 11.6. The van der Waals surface area contributed by atoms with Crippen molar-refractivity contribution >= 4 is 40.5 Å². The fourth-order valence-electron chi connectivity index (χ4n) is 6.99. The Morgan fingerprint density at radius 2 is 1.71 bits per heavy atom. The lowest BCUT2D eigenvalue weighted by Gasteiger charge is -2.36. The Labute approximate surface area is 286 Å². The van der Waals surface area contributed by atoms with Crippen molar-refractivity contribution in [1.29, 1.82) is 0 Å². The van der Waals surface area contributed by atoms with Crippen LogP contribution in [0.5, 0.6) is 0 Å². The van der Waals surface area contributed by atoms with E-state index in [1.54, 1.807) is 49.9 Å². The maximum absolute atomic E-state index is 14.1. The Morgan fingerprint density at radius 3 is 2.39 bits per heavy atom. The number of methoxy groups -OCH3 is 1. The molecule has 0 radical (unpaired) electrons. The summed E-state index contributed by atoms with van der Waals surface area (Å²) >= 11 is 0. The molecule has 1 aromatic heterocycles. The molecule has 1 aliphatic carbocycles. The summed E-state index contributed by atoms with van der Waals surface area (Å²) < 4.78 is 29.5. The van der Waals surface area contributed by atoms with E-state index < -0.39 is 36.4 Å². The molecule has 0 unspecified atom stereocenters. The second-order valence-corrected chi connectivity index (χ2v) is 13.9. The van der Waals surface area contributed by atoms with Crippen LogP contribution in [0.4, 0.5) is 14.9 Å². The van der Waals surface area contributed by atoms with Crippen LogP contribution >= 0.6 is 0 Å². The van der Waals surface area contributed by atoms with Gasteiger partial charge in [-0.05, 0) is 88.6 Å². The molecule has 1 saturated carbocycles. The lowest BCUT2D eigenvalue weighted by atomic mass is 9.78. The predicted molar refractivity (Wildman–Crippen MR) is 183 cm³/mol. The molecule has 2 aliphatic rings. The number of anilines is 1. The summed E-state index contributed by atoms with van der Waals surface area (Å²) in [4.78, 5) is 57.7. The molecular weight excluding hydrogens is 631 g/mol. The number of benzene rings is 2. The lowest BCUT2D eigenvalue weighted by molar-refractivity contribution is -0.141. The van der Waals surface area contributed by atoms with E-state index in [-0.39, 0.29) is 36.2 Å². The van der Waals surface area contributed by atoms with Gasteiger partial charge >= 0.3 is 12.1 Å². The van der Waals surface area contributed by atoms with Gasteiger partial charge in [0.1, 0.15) is 30.6 Å². The van der Waals surface area contributed by atoms with E-state index in [0.717, 1.165) is 10.9 Å². The van der Waals surface area contributed by atoms with Gasteiger partial charge in [0.2, 0.25) is 11.8 Å². The molecule has 1 saturated heterocycles. The van der Waals surface area contributed by atoms with Gasteiger partial charge < -0.3 is 34.7 Å². The number of nitrogens with zero attached hydrogens (tertiary/aromatic N) is 1. The van der Waals surface area contributed by atoms with Crippen LogP contribution in [0.3, 0.4) is 0 Å². The number of hydrogen-bond donors (Lipinski definition) is 3. The molecule has 3 N–H and O–H groups in total. The van der Waals surface area contributed by atoms with E-state index in [1.165, 1.54) is 7.11 Å². The van der Waals surface area contributed by atoms with Crippen LogP contribution in [-0.4, -0.2) is 85.0 Å². The first-order valence-electron chi connectivity index (χ1n) is 17.0. The first-order valence-corrected chi connectivity index (χ1v) is 17.0. The third-order valence-electron chi connectivity index (χ3n) is 9.36. The van der Waals surface area contributed by atoms with Gasteiger partial charge in [0, 0.05) is 42.1 Å². The van der Waals surface area contributed by atoms with E-state index >= 15 is 0 Å². The van der Waals surface area contributed by atoms with Crippen molar-refractivity contribution in [2.24, 2.45) is 11.8 Å². The Morgan fingerprint density at radius 1 is 0.980 bits per heavy atom. The summed E-state index contributed by atoms with van der Waals surface area (Å²) in [6.07, 6.45) is 2.22. The van der Waals surface area contributed by atoms with Gasteiger partial charge in [-0.3, -0.25) is 9.59 Å². The third kappa shape index (κ3) is 8.97. The minimum Gasteiger partial charge on any atom is -0.459 e. The van der Waals surface area contributed by atoms with Crippen LogP contribution in [0.1, 0.15) is 74.8 Å². The molecule has 0 spiro atoms. The van der Waals surface area contributed by atoms with Crippen molar-refractivity contribution < 1.29 is 37.8 Å². The number of aromatic nitrogens is 1. The van der Waals surface area contributed by atoms with Crippen LogP contribution in [0.15, 0.2) is 54.6 Å². The van der Waals surface area contributed by atoms with Crippen LogP contribution in [0.25, 0.3) is 10.9 Å². The monoisotopic (exact) mass is 678 g/mol. The fourth-order valence-corrected chi connectivity index (χ4v) is 6.99. The zero-order valence-electron chi connectivity index (χ0n) is 28.6. The highest BCUT2D eigenvalue weighted by Crippen LogP contribution is 2.39. The number of alkyl halides is 1. The normalized spacial score (nSPS) is 21.6. The first-order chi connectivity index (χ1) is 23.5. The number of carbonyl (C=O) groups is 4. The number of esters is 1. The van der Waals surface area contributed by atoms with E-state index in [1.807, 2.05) is 30.3 Å². The zero-order valence-corrected chi connectivity index (χ0v) is 28.6. The van der Waals surface area contributed by atoms with Gasteiger partial charge in [-0.2, -0.15) is 0 Å². The number of ether oxygens (including phenoxy) is 3. The molecule has 2 heterocycles. The number of H-pyrrole nitrogens is 1. The molecule has 11 nitrogen and oxygen atoms in total. The highest BCUT2D eigenvalue weighted by atomic mass is 19.1. The van der Waals surface area contributed by atoms with E-state index in [0.29, 0.717) is 62.2 Å². The number of carbonyl (C=O) groups excluding carboxylic acids is 4. The molecule has 264 valence electrons. The van der Waals surface area contributed by atoms with Crippen molar-refractivity contribution in [3.05, 3.63) is 65.9 Å². The Bertz CT molecular complexity index is 1610. The Balaban J connectivity index is 1.28. The predicted octanol–water partition coefficient (Wildman–Crippen LogP) is 5.96. The smallest absolute Gasteiger partial charge is 0.407 e.